The van der Waals surface area contributed by atoms with Gasteiger partial charge in [-0.3, -0.25) is 4.68 Å². The number of aryl methyl sites for hydroxylation is 2. The van der Waals surface area contributed by atoms with E-state index in [0.717, 1.165) is 31.6 Å². The highest BCUT2D eigenvalue weighted by molar-refractivity contribution is 9.10. The van der Waals surface area contributed by atoms with Crippen LogP contribution in [0.1, 0.15) is 39.1 Å². The SMILES string of the molecule is CCc1nn(CC)c(CC(CN)C(C)C)c1Br. The molecule has 0 aliphatic carbocycles. The maximum atomic E-state index is 5.86. The van der Waals surface area contributed by atoms with Gasteiger partial charge in [0.1, 0.15) is 0 Å². The van der Waals surface area contributed by atoms with Crippen molar-refractivity contribution < 1.29 is 0 Å². The summed E-state index contributed by atoms with van der Waals surface area (Å²) in [5, 5.41) is 4.62. The lowest BCUT2D eigenvalue weighted by Gasteiger charge is -2.19. The third-order valence-electron chi connectivity index (χ3n) is 3.40. The van der Waals surface area contributed by atoms with Crippen molar-refractivity contribution in [3.8, 4) is 0 Å². The molecular formula is C13H24BrN3. The molecule has 0 saturated heterocycles. The summed E-state index contributed by atoms with van der Waals surface area (Å²) in [4.78, 5) is 0. The summed E-state index contributed by atoms with van der Waals surface area (Å²) in [6.07, 6.45) is 1.98. The minimum Gasteiger partial charge on any atom is -0.330 e. The second kappa shape index (κ2) is 6.55. The van der Waals surface area contributed by atoms with Gasteiger partial charge in [0.25, 0.3) is 0 Å². The molecule has 0 radical (unpaired) electrons. The van der Waals surface area contributed by atoms with E-state index in [4.69, 9.17) is 5.73 Å². The lowest BCUT2D eigenvalue weighted by molar-refractivity contribution is 0.380. The first kappa shape index (κ1) is 14.7. The van der Waals surface area contributed by atoms with Crippen molar-refractivity contribution in [3.63, 3.8) is 0 Å². The third kappa shape index (κ3) is 3.32. The van der Waals surface area contributed by atoms with Crippen LogP contribution in [-0.2, 0) is 19.4 Å². The molecule has 0 fully saturated rings. The first-order chi connectivity index (χ1) is 8.04. The first-order valence-corrected chi connectivity index (χ1v) is 7.28. The van der Waals surface area contributed by atoms with Gasteiger partial charge in [-0.25, -0.2) is 0 Å². The average Bonchev–Trinajstić information content (AvgIpc) is 2.62. The number of aromatic nitrogens is 2. The molecule has 1 aromatic rings. The van der Waals surface area contributed by atoms with Gasteiger partial charge in [0.15, 0.2) is 0 Å². The van der Waals surface area contributed by atoms with Crippen LogP contribution in [0, 0.1) is 11.8 Å². The fraction of sp³-hybridized carbons (Fsp3) is 0.769. The Morgan fingerprint density at radius 3 is 2.41 bits per heavy atom. The highest BCUT2D eigenvalue weighted by Crippen LogP contribution is 2.26. The quantitative estimate of drug-likeness (QED) is 0.878. The second-order valence-electron chi connectivity index (χ2n) is 4.82. The summed E-state index contributed by atoms with van der Waals surface area (Å²) in [6.45, 7) is 10.4. The summed E-state index contributed by atoms with van der Waals surface area (Å²) >= 11 is 3.69. The minimum atomic E-state index is 0.526. The Kier molecular flexibility index (Phi) is 5.67. The second-order valence-corrected chi connectivity index (χ2v) is 5.61. The van der Waals surface area contributed by atoms with Crippen molar-refractivity contribution >= 4 is 15.9 Å². The zero-order valence-electron chi connectivity index (χ0n) is 11.3. The van der Waals surface area contributed by atoms with Gasteiger partial charge >= 0.3 is 0 Å². The molecular weight excluding hydrogens is 278 g/mol. The van der Waals surface area contributed by atoms with E-state index in [0.29, 0.717) is 11.8 Å². The molecule has 1 unspecified atom stereocenters. The number of hydrogen-bond acceptors (Lipinski definition) is 2. The van der Waals surface area contributed by atoms with Crippen LogP contribution in [0.25, 0.3) is 0 Å². The average molecular weight is 302 g/mol. The zero-order chi connectivity index (χ0) is 13.0. The number of hydrogen-bond donors (Lipinski definition) is 1. The molecule has 17 heavy (non-hydrogen) atoms. The van der Waals surface area contributed by atoms with E-state index in [-0.39, 0.29) is 0 Å². The van der Waals surface area contributed by atoms with E-state index in [9.17, 15) is 0 Å². The molecule has 1 aromatic heterocycles. The topological polar surface area (TPSA) is 43.8 Å². The van der Waals surface area contributed by atoms with E-state index in [2.05, 4.69) is 53.4 Å². The molecule has 0 aliphatic rings. The maximum absolute atomic E-state index is 5.86. The largest absolute Gasteiger partial charge is 0.330 e. The Labute approximate surface area is 113 Å². The molecule has 0 amide bonds. The molecule has 98 valence electrons. The summed E-state index contributed by atoms with van der Waals surface area (Å²) < 4.78 is 3.29. The van der Waals surface area contributed by atoms with Crippen LogP contribution in [-0.4, -0.2) is 16.3 Å². The molecule has 0 saturated carbocycles. The first-order valence-electron chi connectivity index (χ1n) is 6.49. The van der Waals surface area contributed by atoms with E-state index in [1.165, 1.54) is 10.2 Å². The van der Waals surface area contributed by atoms with Gasteiger partial charge in [-0.1, -0.05) is 20.8 Å². The van der Waals surface area contributed by atoms with E-state index in [1.54, 1.807) is 0 Å². The van der Waals surface area contributed by atoms with Crippen LogP contribution in [0.15, 0.2) is 4.47 Å². The number of nitrogens with zero attached hydrogens (tertiary/aromatic N) is 2. The van der Waals surface area contributed by atoms with Gasteiger partial charge in [0.05, 0.1) is 15.9 Å². The molecule has 1 rings (SSSR count). The molecule has 0 aromatic carbocycles. The molecule has 1 heterocycles. The lowest BCUT2D eigenvalue weighted by Crippen LogP contribution is -2.23. The van der Waals surface area contributed by atoms with Gasteiger partial charge in [-0.05, 0) is 54.1 Å². The van der Waals surface area contributed by atoms with E-state index >= 15 is 0 Å². The number of rotatable bonds is 6. The summed E-state index contributed by atoms with van der Waals surface area (Å²) in [6, 6.07) is 0. The summed E-state index contributed by atoms with van der Waals surface area (Å²) in [5.41, 5.74) is 8.31. The van der Waals surface area contributed by atoms with Gasteiger partial charge in [-0.2, -0.15) is 5.10 Å². The summed E-state index contributed by atoms with van der Waals surface area (Å²) in [7, 11) is 0. The van der Waals surface area contributed by atoms with Crippen molar-refractivity contribution in [2.75, 3.05) is 6.54 Å². The minimum absolute atomic E-state index is 0.526. The van der Waals surface area contributed by atoms with Crippen molar-refractivity contribution in [2.24, 2.45) is 17.6 Å². The zero-order valence-corrected chi connectivity index (χ0v) is 12.9. The van der Waals surface area contributed by atoms with Crippen molar-refractivity contribution in [1.82, 2.24) is 9.78 Å². The molecule has 0 aliphatic heterocycles. The number of halogens is 1. The van der Waals surface area contributed by atoms with Crippen LogP contribution in [0.2, 0.25) is 0 Å². The Morgan fingerprint density at radius 2 is 2.00 bits per heavy atom. The van der Waals surface area contributed by atoms with Crippen molar-refractivity contribution in [2.45, 2.75) is 47.1 Å². The van der Waals surface area contributed by atoms with Gasteiger partial charge < -0.3 is 5.73 Å². The Morgan fingerprint density at radius 1 is 1.35 bits per heavy atom. The third-order valence-corrected chi connectivity index (χ3v) is 4.31. The van der Waals surface area contributed by atoms with Crippen LogP contribution >= 0.6 is 15.9 Å². The van der Waals surface area contributed by atoms with Crippen molar-refractivity contribution in [1.29, 1.82) is 0 Å². The van der Waals surface area contributed by atoms with Crippen LogP contribution in [0.4, 0.5) is 0 Å². The Hall–Kier alpha value is -0.350. The van der Waals surface area contributed by atoms with Crippen LogP contribution < -0.4 is 5.73 Å². The Bertz CT molecular complexity index is 358. The molecule has 2 N–H and O–H groups in total. The van der Waals surface area contributed by atoms with E-state index in [1.807, 2.05) is 0 Å². The fourth-order valence-electron chi connectivity index (χ4n) is 2.05. The molecule has 1 atom stereocenters. The van der Waals surface area contributed by atoms with Crippen molar-refractivity contribution in [3.05, 3.63) is 15.9 Å². The smallest absolute Gasteiger partial charge is 0.0766 e. The monoisotopic (exact) mass is 301 g/mol. The predicted molar refractivity (Wildman–Crippen MR) is 76.1 cm³/mol. The highest BCUT2D eigenvalue weighted by atomic mass is 79.9. The van der Waals surface area contributed by atoms with Crippen LogP contribution in [0.5, 0.6) is 0 Å². The van der Waals surface area contributed by atoms with Crippen LogP contribution in [0.3, 0.4) is 0 Å². The normalized spacial score (nSPS) is 13.4. The Balaban J connectivity index is 2.99. The standard InChI is InChI=1S/C13H24BrN3/c1-5-11-13(14)12(17(6-2)16-11)7-10(8-15)9(3)4/h9-10H,5-8,15H2,1-4H3. The molecule has 4 heteroatoms. The predicted octanol–water partition coefficient (Wildman–Crippen LogP) is 3.00. The fourth-order valence-corrected chi connectivity index (χ4v) is 2.78. The lowest BCUT2D eigenvalue weighted by atomic mass is 9.91. The van der Waals surface area contributed by atoms with E-state index < -0.39 is 0 Å². The molecule has 3 nitrogen and oxygen atoms in total. The maximum Gasteiger partial charge on any atom is 0.0766 e. The van der Waals surface area contributed by atoms with Gasteiger partial charge in [0.2, 0.25) is 0 Å². The van der Waals surface area contributed by atoms with Gasteiger partial charge in [-0.15, -0.1) is 0 Å². The highest BCUT2D eigenvalue weighted by Gasteiger charge is 2.19. The molecule has 0 bridgehead atoms. The van der Waals surface area contributed by atoms with Gasteiger partial charge in [0, 0.05) is 6.54 Å². The summed E-state index contributed by atoms with van der Waals surface area (Å²) in [5.74, 6) is 1.13. The molecule has 0 spiro atoms. The number of nitrogens with two attached hydrogens (primary N) is 1.